The second-order valence-corrected chi connectivity index (χ2v) is 8.92. The zero-order valence-electron chi connectivity index (χ0n) is 18.6. The van der Waals surface area contributed by atoms with Gasteiger partial charge in [-0.1, -0.05) is 25.4 Å². The zero-order valence-corrected chi connectivity index (χ0v) is 19.4. The Labute approximate surface area is 188 Å². The van der Waals surface area contributed by atoms with Gasteiger partial charge in [0.2, 0.25) is 5.89 Å². The number of nitrogens with one attached hydrogen (secondary N) is 1. The van der Waals surface area contributed by atoms with Crippen LogP contribution in [0, 0.1) is 0 Å². The van der Waals surface area contributed by atoms with E-state index in [1.165, 1.54) is 12.8 Å². The molecule has 0 aliphatic carbocycles. The number of aryl methyl sites for hydroxylation is 1. The zero-order chi connectivity index (χ0) is 22.0. The third-order valence-electron chi connectivity index (χ3n) is 6.40. The van der Waals surface area contributed by atoms with Crippen LogP contribution >= 0.6 is 11.6 Å². The Morgan fingerprint density at radius 2 is 1.94 bits per heavy atom. The average Bonchev–Trinajstić information content (AvgIpc) is 3.24. The lowest BCUT2D eigenvalue weighted by Gasteiger charge is -2.49. The van der Waals surface area contributed by atoms with Crippen molar-refractivity contribution < 1.29 is 4.42 Å². The molecule has 4 rings (SSSR count). The van der Waals surface area contributed by atoms with E-state index in [-0.39, 0.29) is 17.8 Å². The molecule has 10 heteroatoms. The lowest BCUT2D eigenvalue weighted by Crippen LogP contribution is -2.61. The number of rotatable bonds is 6. The maximum Gasteiger partial charge on any atom is 0.270 e. The summed E-state index contributed by atoms with van der Waals surface area (Å²) in [6, 6.07) is 1.35. The van der Waals surface area contributed by atoms with Crippen molar-refractivity contribution in [1.29, 1.82) is 0 Å². The maximum atomic E-state index is 6.61. The van der Waals surface area contributed by atoms with E-state index in [2.05, 4.69) is 56.1 Å². The highest BCUT2D eigenvalue weighted by Crippen LogP contribution is 2.33. The predicted molar refractivity (Wildman–Crippen MR) is 122 cm³/mol. The van der Waals surface area contributed by atoms with Crippen LogP contribution in [-0.4, -0.2) is 69.4 Å². The Bertz CT molecular complexity index is 884. The Morgan fingerprint density at radius 3 is 2.65 bits per heavy atom. The van der Waals surface area contributed by atoms with Crippen molar-refractivity contribution in [3.63, 3.8) is 0 Å². The van der Waals surface area contributed by atoms with Crippen molar-refractivity contribution in [1.82, 2.24) is 30.4 Å². The number of piperazine rings is 1. The first-order valence-corrected chi connectivity index (χ1v) is 11.8. The number of hydrogen-bond acceptors (Lipinski definition) is 9. The lowest BCUT2D eigenvalue weighted by molar-refractivity contribution is 0.0788. The molecule has 2 saturated heterocycles. The summed E-state index contributed by atoms with van der Waals surface area (Å²) in [5, 5.41) is 11.9. The molecule has 4 heterocycles. The molecule has 9 nitrogen and oxygen atoms in total. The molecular formula is C21H33ClN8O. The van der Waals surface area contributed by atoms with E-state index in [1.807, 2.05) is 0 Å². The number of aromatic nitrogens is 4. The SMILES string of the molecule is CCCc1nnc(-c2nc(Cl)c(N3C[C@H](CC)N(C4CCNCC4)C[C@H]3C)nc2N)o1. The van der Waals surface area contributed by atoms with Gasteiger partial charge in [0.25, 0.3) is 5.89 Å². The molecule has 0 spiro atoms. The summed E-state index contributed by atoms with van der Waals surface area (Å²) in [7, 11) is 0. The topological polar surface area (TPSA) is 109 Å². The highest BCUT2D eigenvalue weighted by molar-refractivity contribution is 6.32. The molecule has 2 aliphatic heterocycles. The number of halogens is 1. The molecule has 2 aliphatic rings. The summed E-state index contributed by atoms with van der Waals surface area (Å²) in [6.45, 7) is 10.6. The van der Waals surface area contributed by atoms with Crippen molar-refractivity contribution in [2.45, 2.75) is 71.0 Å². The van der Waals surface area contributed by atoms with Gasteiger partial charge in [0.15, 0.2) is 22.5 Å². The summed E-state index contributed by atoms with van der Waals surface area (Å²) >= 11 is 6.61. The van der Waals surface area contributed by atoms with E-state index in [1.54, 1.807) is 0 Å². The van der Waals surface area contributed by atoms with E-state index in [4.69, 9.17) is 21.8 Å². The Morgan fingerprint density at radius 1 is 1.16 bits per heavy atom. The summed E-state index contributed by atoms with van der Waals surface area (Å²) < 4.78 is 5.68. The van der Waals surface area contributed by atoms with Gasteiger partial charge in [-0.15, -0.1) is 10.2 Å². The van der Waals surface area contributed by atoms with Gasteiger partial charge in [-0.2, -0.15) is 0 Å². The van der Waals surface area contributed by atoms with Gasteiger partial charge in [-0.25, -0.2) is 9.97 Å². The van der Waals surface area contributed by atoms with E-state index in [9.17, 15) is 0 Å². The molecule has 170 valence electrons. The molecule has 2 atom stereocenters. The standard InChI is InChI=1S/C21H33ClN8O/c1-4-6-16-27-28-21(31-16)17-19(23)26-20(18(22)25-17)29-12-14(5-2)30(11-13(29)3)15-7-9-24-10-8-15/h13-15,24H,4-12H2,1-3H3,(H2,23,26)/t13-,14+/m1/s1. The summed E-state index contributed by atoms with van der Waals surface area (Å²) in [5.41, 5.74) is 6.61. The van der Waals surface area contributed by atoms with Gasteiger partial charge in [0.1, 0.15) is 0 Å². The van der Waals surface area contributed by atoms with Gasteiger partial charge in [-0.3, -0.25) is 4.90 Å². The number of nitrogen functional groups attached to an aromatic ring is 1. The number of piperidine rings is 1. The van der Waals surface area contributed by atoms with Crippen molar-refractivity contribution in [2.75, 3.05) is 36.8 Å². The van der Waals surface area contributed by atoms with Crippen LogP contribution in [0.2, 0.25) is 5.15 Å². The molecule has 0 aromatic carbocycles. The molecule has 31 heavy (non-hydrogen) atoms. The minimum Gasteiger partial charge on any atom is -0.419 e. The van der Waals surface area contributed by atoms with Crippen LogP contribution in [0.1, 0.15) is 52.3 Å². The van der Waals surface area contributed by atoms with Gasteiger partial charge >= 0.3 is 0 Å². The van der Waals surface area contributed by atoms with Crippen LogP contribution in [0.3, 0.4) is 0 Å². The van der Waals surface area contributed by atoms with E-state index < -0.39 is 0 Å². The minimum absolute atomic E-state index is 0.257. The van der Waals surface area contributed by atoms with E-state index in [0.717, 1.165) is 39.0 Å². The van der Waals surface area contributed by atoms with Crippen molar-refractivity contribution >= 4 is 23.2 Å². The fourth-order valence-electron chi connectivity index (χ4n) is 4.73. The van der Waals surface area contributed by atoms with Crippen LogP contribution in [-0.2, 0) is 6.42 Å². The van der Waals surface area contributed by atoms with Crippen LogP contribution in [0.5, 0.6) is 0 Å². The number of anilines is 2. The third kappa shape index (κ3) is 4.63. The quantitative estimate of drug-likeness (QED) is 0.689. The van der Waals surface area contributed by atoms with Crippen LogP contribution in [0.15, 0.2) is 4.42 Å². The fourth-order valence-corrected chi connectivity index (χ4v) is 4.97. The Kier molecular flexibility index (Phi) is 6.93. The summed E-state index contributed by atoms with van der Waals surface area (Å²) in [5.74, 6) is 1.71. The molecule has 0 amide bonds. The monoisotopic (exact) mass is 448 g/mol. The molecule has 0 radical (unpaired) electrons. The number of nitrogens with two attached hydrogens (primary N) is 1. The third-order valence-corrected chi connectivity index (χ3v) is 6.65. The second kappa shape index (κ2) is 9.67. The largest absolute Gasteiger partial charge is 0.419 e. The summed E-state index contributed by atoms with van der Waals surface area (Å²) in [4.78, 5) is 14.1. The first kappa shape index (κ1) is 22.2. The van der Waals surface area contributed by atoms with Gasteiger partial charge in [-0.05, 0) is 45.7 Å². The Balaban J connectivity index is 1.56. The van der Waals surface area contributed by atoms with Crippen molar-refractivity contribution in [3.05, 3.63) is 11.0 Å². The van der Waals surface area contributed by atoms with Crippen molar-refractivity contribution in [3.8, 4) is 11.6 Å². The van der Waals surface area contributed by atoms with Gasteiger partial charge in [0, 0.05) is 37.6 Å². The smallest absolute Gasteiger partial charge is 0.270 e. The number of nitrogens with zero attached hydrogens (tertiary/aromatic N) is 6. The van der Waals surface area contributed by atoms with Crippen molar-refractivity contribution in [2.24, 2.45) is 0 Å². The molecule has 2 fully saturated rings. The molecule has 0 bridgehead atoms. The molecule has 2 aromatic heterocycles. The van der Waals surface area contributed by atoms with Gasteiger partial charge < -0.3 is 20.4 Å². The summed E-state index contributed by atoms with van der Waals surface area (Å²) in [6.07, 6.45) is 5.12. The van der Waals surface area contributed by atoms with E-state index >= 15 is 0 Å². The maximum absolute atomic E-state index is 6.61. The Hall–Kier alpha value is -1.97. The molecule has 2 aromatic rings. The number of hydrogen-bond donors (Lipinski definition) is 2. The second-order valence-electron chi connectivity index (χ2n) is 8.56. The highest BCUT2D eigenvalue weighted by Gasteiger charge is 2.37. The van der Waals surface area contributed by atoms with E-state index in [0.29, 0.717) is 41.1 Å². The minimum atomic E-state index is 0.257. The van der Waals surface area contributed by atoms with Crippen LogP contribution in [0.4, 0.5) is 11.6 Å². The first-order valence-electron chi connectivity index (χ1n) is 11.4. The molecule has 3 N–H and O–H groups in total. The highest BCUT2D eigenvalue weighted by atomic mass is 35.5. The fraction of sp³-hybridized carbons (Fsp3) is 0.714. The molecule has 0 unspecified atom stereocenters. The molecule has 0 saturated carbocycles. The van der Waals surface area contributed by atoms with Gasteiger partial charge in [0.05, 0.1) is 0 Å². The first-order chi connectivity index (χ1) is 15.0. The van der Waals surface area contributed by atoms with Crippen LogP contribution in [0.25, 0.3) is 11.6 Å². The van der Waals surface area contributed by atoms with Crippen LogP contribution < -0.4 is 16.0 Å². The normalized spacial score (nSPS) is 23.4. The lowest BCUT2D eigenvalue weighted by atomic mass is 9.97. The molecular weight excluding hydrogens is 416 g/mol. The predicted octanol–water partition coefficient (Wildman–Crippen LogP) is 2.76. The average molecular weight is 449 g/mol.